The van der Waals surface area contributed by atoms with Gasteiger partial charge in [0.2, 0.25) is 0 Å². The van der Waals surface area contributed by atoms with Gasteiger partial charge in [0.05, 0.1) is 6.04 Å². The Morgan fingerprint density at radius 2 is 1.67 bits per heavy atom. The van der Waals surface area contributed by atoms with Crippen molar-refractivity contribution in [1.29, 1.82) is 0 Å². The van der Waals surface area contributed by atoms with Crippen LogP contribution in [0.1, 0.15) is 42.7 Å². The third-order valence-corrected chi connectivity index (χ3v) is 10.0. The Labute approximate surface area is 161 Å². The van der Waals surface area contributed by atoms with E-state index in [1.807, 2.05) is 18.2 Å². The number of likely N-dealkylation sites (tertiary alicyclic amines) is 1. The minimum Gasteiger partial charge on any atom is -0.403 e. The lowest BCUT2D eigenvalue weighted by Crippen LogP contribution is -2.65. The molecular weight excluding hydrogens is 356 g/mol. The molecule has 6 heteroatoms. The van der Waals surface area contributed by atoms with E-state index < -0.39 is 20.5 Å². The summed E-state index contributed by atoms with van der Waals surface area (Å²) in [6, 6.07) is 12.1. The number of carbonyl (C=O) groups excluding carboxylic acids is 2. The van der Waals surface area contributed by atoms with Gasteiger partial charge in [0.25, 0.3) is 11.8 Å². The van der Waals surface area contributed by atoms with E-state index in [0.29, 0.717) is 5.56 Å². The van der Waals surface area contributed by atoms with Crippen molar-refractivity contribution in [3.63, 3.8) is 0 Å². The summed E-state index contributed by atoms with van der Waals surface area (Å²) >= 11 is 0. The van der Waals surface area contributed by atoms with E-state index in [1.165, 1.54) is 4.90 Å². The fourth-order valence-electron chi connectivity index (χ4n) is 2.90. The molecule has 1 aromatic heterocycles. The van der Waals surface area contributed by atoms with Gasteiger partial charge < -0.3 is 4.43 Å². The Bertz CT molecular complexity index is 832. The summed E-state index contributed by atoms with van der Waals surface area (Å²) in [5, 5.41) is -0.0278. The Hall–Kier alpha value is -2.31. The summed E-state index contributed by atoms with van der Waals surface area (Å²) in [5.74, 6) is -0.562. The van der Waals surface area contributed by atoms with Crippen LogP contribution in [-0.4, -0.2) is 36.1 Å². The molecule has 1 aromatic carbocycles. The van der Waals surface area contributed by atoms with E-state index in [9.17, 15) is 9.59 Å². The first-order valence-electron chi connectivity index (χ1n) is 9.14. The van der Waals surface area contributed by atoms with Crippen molar-refractivity contribution >= 4 is 20.1 Å². The zero-order chi connectivity index (χ0) is 19.8. The molecule has 1 aliphatic rings. The van der Waals surface area contributed by atoms with E-state index in [0.717, 1.165) is 5.56 Å². The number of carbonyl (C=O) groups is 2. The van der Waals surface area contributed by atoms with Crippen molar-refractivity contribution < 1.29 is 14.0 Å². The second kappa shape index (κ2) is 7.02. The average Bonchev–Trinajstić information content (AvgIpc) is 2.64. The standard InChI is InChI=1S/C21H26N2O3Si/c1-21(2,3)27(4,5)26-18-17(15-11-13-22-14-12-15)23(20(18)25)19(24)16-9-7-6-8-10-16/h6-14,17-18H,1-5H3/t17-,18+/m0/s1. The van der Waals surface area contributed by atoms with Gasteiger partial charge >= 0.3 is 0 Å². The van der Waals surface area contributed by atoms with Gasteiger partial charge in [-0.15, -0.1) is 0 Å². The minimum atomic E-state index is -2.17. The second-order valence-electron chi connectivity index (χ2n) is 8.40. The second-order valence-corrected chi connectivity index (χ2v) is 13.2. The number of amides is 2. The lowest BCUT2D eigenvalue weighted by Gasteiger charge is -2.50. The number of benzene rings is 1. The van der Waals surface area contributed by atoms with E-state index in [2.05, 4.69) is 38.8 Å². The van der Waals surface area contributed by atoms with E-state index in [1.54, 1.807) is 36.7 Å². The highest BCUT2D eigenvalue weighted by Gasteiger charge is 2.55. The zero-order valence-electron chi connectivity index (χ0n) is 16.5. The fourth-order valence-corrected chi connectivity index (χ4v) is 4.12. The summed E-state index contributed by atoms with van der Waals surface area (Å²) in [5.41, 5.74) is 1.35. The SMILES string of the molecule is CC(C)(C)[Si](C)(C)O[C@H]1C(=O)N(C(=O)c2ccccc2)[C@H]1c1ccncc1. The molecule has 0 radical (unpaired) electrons. The Morgan fingerprint density at radius 1 is 1.07 bits per heavy atom. The van der Waals surface area contributed by atoms with Gasteiger partial charge in [0, 0.05) is 18.0 Å². The lowest BCUT2D eigenvalue weighted by atomic mass is 9.90. The monoisotopic (exact) mass is 382 g/mol. The molecule has 1 aliphatic heterocycles. The van der Waals surface area contributed by atoms with Gasteiger partial charge in [-0.05, 0) is 48.0 Å². The molecule has 2 atom stereocenters. The van der Waals surface area contributed by atoms with Crippen LogP contribution in [-0.2, 0) is 9.22 Å². The summed E-state index contributed by atoms with van der Waals surface area (Å²) in [4.78, 5) is 31.3. The topological polar surface area (TPSA) is 59.5 Å². The molecule has 0 N–H and O–H groups in total. The Kier molecular flexibility index (Phi) is 5.05. The van der Waals surface area contributed by atoms with Crippen molar-refractivity contribution in [1.82, 2.24) is 9.88 Å². The van der Waals surface area contributed by atoms with Gasteiger partial charge in [-0.1, -0.05) is 39.0 Å². The molecule has 27 heavy (non-hydrogen) atoms. The number of pyridine rings is 1. The molecule has 2 amide bonds. The molecule has 3 rings (SSSR count). The smallest absolute Gasteiger partial charge is 0.261 e. The predicted octanol–water partition coefficient (Wildman–Crippen LogP) is 4.20. The zero-order valence-corrected chi connectivity index (χ0v) is 17.5. The van der Waals surface area contributed by atoms with Crippen molar-refractivity contribution in [2.24, 2.45) is 0 Å². The molecule has 142 valence electrons. The van der Waals surface area contributed by atoms with Crippen LogP contribution in [0.2, 0.25) is 18.1 Å². The number of hydrogen-bond donors (Lipinski definition) is 0. The molecule has 0 aliphatic carbocycles. The number of β-lactam (4-membered cyclic amide) rings is 1. The van der Waals surface area contributed by atoms with Crippen molar-refractivity contribution in [2.75, 3.05) is 0 Å². The number of nitrogens with zero attached hydrogens (tertiary/aromatic N) is 2. The number of imide groups is 1. The van der Waals surface area contributed by atoms with Crippen LogP contribution in [0, 0.1) is 0 Å². The van der Waals surface area contributed by atoms with Crippen LogP contribution < -0.4 is 0 Å². The number of rotatable bonds is 4. The molecule has 2 heterocycles. The maximum absolute atomic E-state index is 13.0. The molecule has 0 spiro atoms. The third-order valence-electron chi connectivity index (χ3n) is 5.56. The molecule has 0 bridgehead atoms. The third kappa shape index (κ3) is 3.59. The summed E-state index contributed by atoms with van der Waals surface area (Å²) in [6.07, 6.45) is 2.71. The van der Waals surface area contributed by atoms with Gasteiger partial charge in [-0.3, -0.25) is 19.5 Å². The van der Waals surface area contributed by atoms with Crippen molar-refractivity contribution in [3.05, 3.63) is 66.0 Å². The highest BCUT2D eigenvalue weighted by atomic mass is 28.4. The summed E-state index contributed by atoms with van der Waals surface area (Å²) in [6.45, 7) is 10.6. The first-order chi connectivity index (χ1) is 12.6. The first kappa shape index (κ1) is 19.4. The highest BCUT2D eigenvalue weighted by Crippen LogP contribution is 2.44. The van der Waals surface area contributed by atoms with Crippen molar-refractivity contribution in [3.8, 4) is 0 Å². The quantitative estimate of drug-likeness (QED) is 0.452. The van der Waals surface area contributed by atoms with Gasteiger partial charge in [0.1, 0.15) is 0 Å². The van der Waals surface area contributed by atoms with Crippen LogP contribution in [0.15, 0.2) is 54.9 Å². The molecule has 0 unspecified atom stereocenters. The van der Waals surface area contributed by atoms with Crippen LogP contribution in [0.4, 0.5) is 0 Å². The maximum Gasteiger partial charge on any atom is 0.261 e. The van der Waals surface area contributed by atoms with Crippen LogP contribution >= 0.6 is 0 Å². The molecule has 0 saturated carbocycles. The molecule has 5 nitrogen and oxygen atoms in total. The lowest BCUT2D eigenvalue weighted by molar-refractivity contribution is -0.158. The van der Waals surface area contributed by atoms with Gasteiger partial charge in [-0.2, -0.15) is 0 Å². The minimum absolute atomic E-state index is 0.0278. The highest BCUT2D eigenvalue weighted by molar-refractivity contribution is 6.74. The van der Waals surface area contributed by atoms with Crippen LogP contribution in [0.5, 0.6) is 0 Å². The van der Waals surface area contributed by atoms with Gasteiger partial charge in [0.15, 0.2) is 14.4 Å². The molecular formula is C21H26N2O3Si. The Balaban J connectivity index is 1.94. The normalized spacial score (nSPS) is 20.3. The van der Waals surface area contributed by atoms with Gasteiger partial charge in [-0.25, -0.2) is 0 Å². The van der Waals surface area contributed by atoms with E-state index >= 15 is 0 Å². The predicted molar refractivity (Wildman–Crippen MR) is 107 cm³/mol. The fraction of sp³-hybridized carbons (Fsp3) is 0.381. The molecule has 2 aromatic rings. The van der Waals surface area contributed by atoms with E-state index in [-0.39, 0.29) is 16.9 Å². The number of aromatic nitrogens is 1. The largest absolute Gasteiger partial charge is 0.403 e. The summed E-state index contributed by atoms with van der Waals surface area (Å²) in [7, 11) is -2.17. The van der Waals surface area contributed by atoms with Crippen LogP contribution in [0.3, 0.4) is 0 Å². The average molecular weight is 383 g/mol. The molecule has 1 fully saturated rings. The number of hydrogen-bond acceptors (Lipinski definition) is 4. The Morgan fingerprint density at radius 3 is 2.22 bits per heavy atom. The van der Waals surface area contributed by atoms with Crippen molar-refractivity contribution in [2.45, 2.75) is 51.0 Å². The maximum atomic E-state index is 13.0. The van der Waals surface area contributed by atoms with Crippen LogP contribution in [0.25, 0.3) is 0 Å². The first-order valence-corrected chi connectivity index (χ1v) is 12.0. The summed E-state index contributed by atoms with van der Waals surface area (Å²) < 4.78 is 6.41. The van der Waals surface area contributed by atoms with E-state index in [4.69, 9.17) is 4.43 Å². The molecule has 1 saturated heterocycles.